The summed E-state index contributed by atoms with van der Waals surface area (Å²) in [5.41, 5.74) is -0.766. The quantitative estimate of drug-likeness (QED) is 0.647. The van der Waals surface area contributed by atoms with Crippen LogP contribution in [-0.4, -0.2) is 28.6 Å². The van der Waals surface area contributed by atoms with E-state index in [1.165, 1.54) is 6.92 Å². The summed E-state index contributed by atoms with van der Waals surface area (Å²) in [4.78, 5) is 21.3. The van der Waals surface area contributed by atoms with Crippen LogP contribution in [0.2, 0.25) is 0 Å². The molecule has 0 aliphatic rings. The third-order valence-corrected chi connectivity index (χ3v) is 2.24. The fourth-order valence-corrected chi connectivity index (χ4v) is 1.38. The Bertz CT molecular complexity index is 176. The van der Waals surface area contributed by atoms with E-state index in [1.54, 1.807) is 6.92 Å². The van der Waals surface area contributed by atoms with Crippen LogP contribution < -0.4 is 0 Å². The lowest BCUT2D eigenvalue weighted by Gasteiger charge is -2.27. The summed E-state index contributed by atoms with van der Waals surface area (Å²) in [6, 6.07) is 0. The summed E-state index contributed by atoms with van der Waals surface area (Å²) < 4.78 is 0. The molecule has 76 valence electrons. The number of Topliss-reactive ketones (excluding diaryl/α,β-unsaturated/α-hetero) is 1. The molecule has 0 radical (unpaired) electrons. The van der Waals surface area contributed by atoms with E-state index >= 15 is 0 Å². The van der Waals surface area contributed by atoms with Gasteiger partial charge in [-0.25, -0.2) is 0 Å². The van der Waals surface area contributed by atoms with E-state index in [0.29, 0.717) is 6.42 Å². The molecule has 0 aliphatic carbocycles. The fraction of sp³-hybridized carbons (Fsp3) is 0.778. The summed E-state index contributed by atoms with van der Waals surface area (Å²) in [7, 11) is 0. The Balaban J connectivity index is 4.48. The molecule has 0 spiro atoms. The van der Waals surface area contributed by atoms with E-state index in [1.807, 2.05) is 0 Å². The molecule has 0 aromatic heterocycles. The first kappa shape index (κ1) is 12.1. The van der Waals surface area contributed by atoms with Crippen LogP contribution in [0, 0.1) is 5.41 Å². The van der Waals surface area contributed by atoms with Gasteiger partial charge in [-0.2, -0.15) is 0 Å². The summed E-state index contributed by atoms with van der Waals surface area (Å²) in [5.74, 6) is -1.06. The molecule has 2 N–H and O–H groups in total. The van der Waals surface area contributed by atoms with E-state index < -0.39 is 11.4 Å². The highest BCUT2D eigenvalue weighted by molar-refractivity contribution is 5.77. The summed E-state index contributed by atoms with van der Waals surface area (Å²) >= 11 is 0. The van der Waals surface area contributed by atoms with Crippen LogP contribution in [0.5, 0.6) is 0 Å². The van der Waals surface area contributed by atoms with Crippen molar-refractivity contribution >= 4 is 11.8 Å². The topological polar surface area (TPSA) is 74.6 Å². The second-order valence-electron chi connectivity index (χ2n) is 3.46. The van der Waals surface area contributed by atoms with E-state index in [9.17, 15) is 9.59 Å². The molecular formula is C9H16O4. The maximum Gasteiger partial charge on any atom is 0.304 e. The van der Waals surface area contributed by atoms with Crippen molar-refractivity contribution in [2.24, 2.45) is 5.41 Å². The Morgan fingerprint density at radius 1 is 1.31 bits per heavy atom. The molecule has 1 unspecified atom stereocenters. The van der Waals surface area contributed by atoms with Crippen molar-refractivity contribution in [2.75, 3.05) is 6.61 Å². The van der Waals surface area contributed by atoms with Crippen LogP contribution in [-0.2, 0) is 9.59 Å². The smallest absolute Gasteiger partial charge is 0.304 e. The van der Waals surface area contributed by atoms with Gasteiger partial charge >= 0.3 is 5.97 Å². The number of hydrogen-bond donors (Lipinski definition) is 2. The molecule has 0 amide bonds. The highest BCUT2D eigenvalue weighted by Gasteiger charge is 2.31. The number of aliphatic hydroxyl groups is 1. The van der Waals surface area contributed by atoms with Gasteiger partial charge in [0.1, 0.15) is 5.78 Å². The van der Waals surface area contributed by atoms with Gasteiger partial charge in [-0.1, -0.05) is 6.92 Å². The van der Waals surface area contributed by atoms with Crippen molar-refractivity contribution in [2.45, 2.75) is 33.1 Å². The number of aliphatic carboxylic acids is 1. The SMILES string of the molecule is CCC(CO)(CC(C)=O)CC(=O)O. The molecule has 0 aromatic carbocycles. The highest BCUT2D eigenvalue weighted by Crippen LogP contribution is 2.30. The molecule has 1 atom stereocenters. The minimum Gasteiger partial charge on any atom is -0.481 e. The van der Waals surface area contributed by atoms with Gasteiger partial charge in [-0.3, -0.25) is 4.79 Å². The van der Waals surface area contributed by atoms with Gasteiger partial charge < -0.3 is 15.0 Å². The van der Waals surface area contributed by atoms with Gasteiger partial charge in [-0.05, 0) is 13.3 Å². The Kier molecular flexibility index (Phi) is 4.62. The molecule has 13 heavy (non-hydrogen) atoms. The molecule has 0 saturated carbocycles. The standard InChI is InChI=1S/C9H16O4/c1-3-9(6-10,4-7(2)11)5-8(12)13/h10H,3-6H2,1-2H3,(H,12,13). The zero-order valence-corrected chi connectivity index (χ0v) is 8.04. The molecule has 0 saturated heterocycles. The van der Waals surface area contributed by atoms with E-state index in [-0.39, 0.29) is 25.2 Å². The molecule has 0 bridgehead atoms. The first-order valence-electron chi connectivity index (χ1n) is 4.28. The second-order valence-corrected chi connectivity index (χ2v) is 3.46. The Morgan fingerprint density at radius 3 is 2.08 bits per heavy atom. The van der Waals surface area contributed by atoms with Crippen LogP contribution in [0.3, 0.4) is 0 Å². The van der Waals surface area contributed by atoms with Crippen molar-refractivity contribution in [1.29, 1.82) is 0 Å². The zero-order chi connectivity index (χ0) is 10.5. The highest BCUT2D eigenvalue weighted by atomic mass is 16.4. The first-order valence-corrected chi connectivity index (χ1v) is 4.28. The molecule has 0 heterocycles. The molecule has 4 heteroatoms. The summed E-state index contributed by atoms with van der Waals surface area (Å²) in [5, 5.41) is 17.7. The van der Waals surface area contributed by atoms with Crippen LogP contribution >= 0.6 is 0 Å². The second kappa shape index (κ2) is 4.97. The number of hydrogen-bond acceptors (Lipinski definition) is 3. The van der Waals surface area contributed by atoms with Crippen molar-refractivity contribution in [3.8, 4) is 0 Å². The molecule has 0 fully saturated rings. The van der Waals surface area contributed by atoms with Crippen LogP contribution in [0.4, 0.5) is 0 Å². The molecule has 4 nitrogen and oxygen atoms in total. The van der Waals surface area contributed by atoms with Crippen LogP contribution in [0.1, 0.15) is 33.1 Å². The lowest BCUT2D eigenvalue weighted by molar-refractivity contribution is -0.141. The average molecular weight is 188 g/mol. The summed E-state index contributed by atoms with van der Waals surface area (Å²) in [6.45, 7) is 2.93. The van der Waals surface area contributed by atoms with Gasteiger partial charge in [0, 0.05) is 18.4 Å². The maximum atomic E-state index is 10.9. The third-order valence-electron chi connectivity index (χ3n) is 2.24. The van der Waals surface area contributed by atoms with Crippen LogP contribution in [0.25, 0.3) is 0 Å². The lowest BCUT2D eigenvalue weighted by atomic mass is 9.78. The number of aliphatic hydroxyl groups excluding tert-OH is 1. The van der Waals surface area contributed by atoms with Crippen molar-refractivity contribution in [3.05, 3.63) is 0 Å². The summed E-state index contributed by atoms with van der Waals surface area (Å²) in [6.07, 6.45) is 0.473. The Labute approximate surface area is 77.6 Å². The Morgan fingerprint density at radius 2 is 1.85 bits per heavy atom. The number of ketones is 1. The van der Waals surface area contributed by atoms with E-state index in [2.05, 4.69) is 0 Å². The average Bonchev–Trinajstić information content (AvgIpc) is 2.01. The predicted molar refractivity (Wildman–Crippen MR) is 47.4 cm³/mol. The lowest BCUT2D eigenvalue weighted by Crippen LogP contribution is -2.30. The number of carbonyl (C=O) groups excluding carboxylic acids is 1. The van der Waals surface area contributed by atoms with Gasteiger partial charge in [0.2, 0.25) is 0 Å². The first-order chi connectivity index (χ1) is 5.95. The molecular weight excluding hydrogens is 172 g/mol. The number of carboxylic acid groups (broad SMARTS) is 1. The van der Waals surface area contributed by atoms with Gasteiger partial charge in [-0.15, -0.1) is 0 Å². The monoisotopic (exact) mass is 188 g/mol. The maximum absolute atomic E-state index is 10.9. The number of carboxylic acids is 1. The van der Waals surface area contributed by atoms with Gasteiger partial charge in [0.05, 0.1) is 6.42 Å². The van der Waals surface area contributed by atoms with Crippen molar-refractivity contribution in [3.63, 3.8) is 0 Å². The number of rotatable bonds is 6. The zero-order valence-electron chi connectivity index (χ0n) is 8.04. The minimum atomic E-state index is -0.975. The van der Waals surface area contributed by atoms with Gasteiger partial charge in [0.15, 0.2) is 0 Å². The van der Waals surface area contributed by atoms with Crippen molar-refractivity contribution < 1.29 is 19.8 Å². The normalized spacial score (nSPS) is 15.0. The van der Waals surface area contributed by atoms with E-state index in [4.69, 9.17) is 10.2 Å². The van der Waals surface area contributed by atoms with Crippen molar-refractivity contribution in [1.82, 2.24) is 0 Å². The molecule has 0 aliphatic heterocycles. The minimum absolute atomic E-state index is 0.0860. The molecule has 0 aromatic rings. The van der Waals surface area contributed by atoms with Gasteiger partial charge in [0.25, 0.3) is 0 Å². The fourth-order valence-electron chi connectivity index (χ4n) is 1.38. The Hall–Kier alpha value is -0.900. The number of carbonyl (C=O) groups is 2. The third kappa shape index (κ3) is 4.03. The largest absolute Gasteiger partial charge is 0.481 e. The molecule has 0 rings (SSSR count). The van der Waals surface area contributed by atoms with E-state index in [0.717, 1.165) is 0 Å². The van der Waals surface area contributed by atoms with Crippen LogP contribution in [0.15, 0.2) is 0 Å². The predicted octanol–water partition coefficient (Wildman–Crippen LogP) is 0.829.